The van der Waals surface area contributed by atoms with Gasteiger partial charge >= 0.3 is 0 Å². The molecule has 0 N–H and O–H groups in total. The van der Waals surface area contributed by atoms with Crippen LogP contribution in [0.4, 0.5) is 0 Å². The molecule has 2 aromatic rings. The SMILES string of the molecule is CC1(C)OCCC1O[Si](c1ccccc1)(c1ccccc1)C(C)(C)C. The van der Waals surface area contributed by atoms with Gasteiger partial charge in [-0.2, -0.15) is 0 Å². The van der Waals surface area contributed by atoms with E-state index < -0.39 is 8.32 Å². The van der Waals surface area contributed by atoms with E-state index in [-0.39, 0.29) is 16.7 Å². The van der Waals surface area contributed by atoms with Crippen LogP contribution in [0.15, 0.2) is 60.7 Å². The highest BCUT2D eigenvalue weighted by Gasteiger charge is 2.54. The number of rotatable bonds is 4. The first-order valence-electron chi connectivity index (χ1n) is 9.20. The summed E-state index contributed by atoms with van der Waals surface area (Å²) in [6, 6.07) is 21.7. The van der Waals surface area contributed by atoms with Crippen LogP contribution in [0.2, 0.25) is 5.04 Å². The largest absolute Gasteiger partial charge is 0.401 e. The van der Waals surface area contributed by atoms with Gasteiger partial charge in [0.15, 0.2) is 0 Å². The first-order chi connectivity index (χ1) is 11.8. The third-order valence-corrected chi connectivity index (χ3v) is 10.4. The molecule has 2 nitrogen and oxygen atoms in total. The Labute approximate surface area is 153 Å². The Morgan fingerprint density at radius 1 is 0.920 bits per heavy atom. The Morgan fingerprint density at radius 2 is 1.40 bits per heavy atom. The minimum atomic E-state index is -2.48. The maximum absolute atomic E-state index is 7.16. The maximum atomic E-state index is 7.16. The van der Waals surface area contributed by atoms with E-state index in [1.807, 2.05) is 0 Å². The van der Waals surface area contributed by atoms with Gasteiger partial charge in [0.25, 0.3) is 8.32 Å². The fourth-order valence-electron chi connectivity index (χ4n) is 3.98. The average Bonchev–Trinajstić information content (AvgIpc) is 2.91. The van der Waals surface area contributed by atoms with Gasteiger partial charge in [-0.1, -0.05) is 81.4 Å². The van der Waals surface area contributed by atoms with Crippen molar-refractivity contribution in [3.8, 4) is 0 Å². The summed E-state index contributed by atoms with van der Waals surface area (Å²) in [5, 5.41) is 2.67. The van der Waals surface area contributed by atoms with Crippen molar-refractivity contribution >= 4 is 18.7 Å². The average molecular weight is 355 g/mol. The van der Waals surface area contributed by atoms with Crippen LogP contribution in [-0.4, -0.2) is 26.6 Å². The minimum absolute atomic E-state index is 0.00831. The Morgan fingerprint density at radius 3 is 1.76 bits per heavy atom. The van der Waals surface area contributed by atoms with Gasteiger partial charge in [-0.05, 0) is 35.7 Å². The molecule has 0 bridgehead atoms. The zero-order valence-corrected chi connectivity index (χ0v) is 17.1. The van der Waals surface area contributed by atoms with Crippen LogP contribution in [0.25, 0.3) is 0 Å². The number of ether oxygens (including phenoxy) is 1. The summed E-state index contributed by atoms with van der Waals surface area (Å²) in [6.07, 6.45) is 1.07. The van der Waals surface area contributed by atoms with Crippen LogP contribution >= 0.6 is 0 Å². The predicted octanol–water partition coefficient (Wildman–Crippen LogP) is 4.13. The fraction of sp³-hybridized carbons (Fsp3) is 0.455. The third kappa shape index (κ3) is 3.33. The third-order valence-electron chi connectivity index (χ3n) is 5.37. The van der Waals surface area contributed by atoms with Crippen molar-refractivity contribution < 1.29 is 9.16 Å². The van der Waals surface area contributed by atoms with E-state index in [0.29, 0.717) is 0 Å². The molecule has 134 valence electrons. The molecule has 3 heteroatoms. The Balaban J connectivity index is 2.19. The van der Waals surface area contributed by atoms with Crippen LogP contribution in [0.1, 0.15) is 41.0 Å². The molecule has 1 heterocycles. The van der Waals surface area contributed by atoms with Gasteiger partial charge in [-0.15, -0.1) is 0 Å². The summed E-state index contributed by atoms with van der Waals surface area (Å²) in [7, 11) is -2.48. The minimum Gasteiger partial charge on any atom is -0.401 e. The molecule has 0 aliphatic carbocycles. The molecule has 0 amide bonds. The first kappa shape index (κ1) is 18.4. The zero-order valence-electron chi connectivity index (χ0n) is 16.1. The Kier molecular flexibility index (Phi) is 4.93. The topological polar surface area (TPSA) is 18.5 Å². The molecule has 1 fully saturated rings. The summed E-state index contributed by atoms with van der Waals surface area (Å²) in [5.74, 6) is 0. The molecule has 0 spiro atoms. The highest BCUT2D eigenvalue weighted by atomic mass is 28.4. The molecule has 2 aromatic carbocycles. The maximum Gasteiger partial charge on any atom is 0.261 e. The lowest BCUT2D eigenvalue weighted by molar-refractivity contribution is -0.0223. The summed E-state index contributed by atoms with van der Waals surface area (Å²) < 4.78 is 13.1. The molecule has 0 saturated carbocycles. The molecule has 1 aliphatic heterocycles. The molecular formula is C22H30O2Si. The molecule has 3 rings (SSSR count). The van der Waals surface area contributed by atoms with E-state index in [9.17, 15) is 0 Å². The Bertz CT molecular complexity index is 649. The summed E-state index contributed by atoms with van der Waals surface area (Å²) in [6.45, 7) is 12.0. The number of benzene rings is 2. The lowest BCUT2D eigenvalue weighted by atomic mass is 10.0. The predicted molar refractivity (Wildman–Crippen MR) is 107 cm³/mol. The monoisotopic (exact) mass is 354 g/mol. The molecule has 1 aliphatic rings. The van der Waals surface area contributed by atoms with E-state index >= 15 is 0 Å². The smallest absolute Gasteiger partial charge is 0.261 e. The highest BCUT2D eigenvalue weighted by molar-refractivity contribution is 6.99. The van der Waals surface area contributed by atoms with Gasteiger partial charge < -0.3 is 9.16 Å². The van der Waals surface area contributed by atoms with Crippen molar-refractivity contribution in [1.82, 2.24) is 0 Å². The van der Waals surface area contributed by atoms with Crippen LogP contribution < -0.4 is 10.4 Å². The van der Waals surface area contributed by atoms with Crippen LogP contribution in [0, 0.1) is 0 Å². The van der Waals surface area contributed by atoms with Gasteiger partial charge in [-0.25, -0.2) is 0 Å². The molecule has 25 heavy (non-hydrogen) atoms. The quantitative estimate of drug-likeness (QED) is 0.769. The van der Waals surface area contributed by atoms with Gasteiger partial charge in [0.05, 0.1) is 11.7 Å². The first-order valence-corrected chi connectivity index (χ1v) is 11.1. The molecule has 1 saturated heterocycles. The number of hydrogen-bond donors (Lipinski definition) is 0. The van der Waals surface area contributed by atoms with Crippen molar-refractivity contribution in [2.45, 2.75) is 57.8 Å². The Hall–Kier alpha value is -1.42. The van der Waals surface area contributed by atoms with Crippen molar-refractivity contribution in [2.24, 2.45) is 0 Å². The van der Waals surface area contributed by atoms with E-state index in [1.54, 1.807) is 0 Å². The standard InChI is InChI=1S/C22H30O2Si/c1-21(2,3)25(18-12-8-6-9-13-18,19-14-10-7-11-15-19)24-20-16-17-23-22(20,4)5/h6-15,20H,16-17H2,1-5H3. The number of hydrogen-bond acceptors (Lipinski definition) is 2. The van der Waals surface area contributed by atoms with Gasteiger partial charge in [0.2, 0.25) is 0 Å². The van der Waals surface area contributed by atoms with E-state index in [2.05, 4.69) is 95.3 Å². The zero-order chi connectivity index (χ0) is 18.1. The van der Waals surface area contributed by atoms with E-state index in [1.165, 1.54) is 10.4 Å². The van der Waals surface area contributed by atoms with Crippen LogP contribution in [0.5, 0.6) is 0 Å². The van der Waals surface area contributed by atoms with Crippen molar-refractivity contribution in [1.29, 1.82) is 0 Å². The second-order valence-electron chi connectivity index (χ2n) is 8.51. The van der Waals surface area contributed by atoms with E-state index in [0.717, 1.165) is 13.0 Å². The summed E-state index contributed by atoms with van der Waals surface area (Å²) >= 11 is 0. The second-order valence-corrected chi connectivity index (χ2v) is 12.8. The molecule has 0 aromatic heterocycles. The van der Waals surface area contributed by atoms with Crippen molar-refractivity contribution in [3.63, 3.8) is 0 Å². The van der Waals surface area contributed by atoms with Gasteiger partial charge in [0.1, 0.15) is 0 Å². The lowest BCUT2D eigenvalue weighted by Crippen LogP contribution is -2.68. The molecule has 0 radical (unpaired) electrons. The molecule has 1 atom stereocenters. The van der Waals surface area contributed by atoms with Crippen LogP contribution in [-0.2, 0) is 9.16 Å². The van der Waals surface area contributed by atoms with E-state index in [4.69, 9.17) is 9.16 Å². The molecule has 1 unspecified atom stereocenters. The highest BCUT2D eigenvalue weighted by Crippen LogP contribution is 2.40. The fourth-order valence-corrected chi connectivity index (χ4v) is 8.82. The second kappa shape index (κ2) is 6.71. The lowest BCUT2D eigenvalue weighted by Gasteiger charge is -2.46. The van der Waals surface area contributed by atoms with Crippen molar-refractivity contribution in [2.75, 3.05) is 6.61 Å². The normalized spacial score (nSPS) is 20.6. The summed E-state index contributed by atoms with van der Waals surface area (Å²) in [5.41, 5.74) is -0.243. The van der Waals surface area contributed by atoms with Crippen molar-refractivity contribution in [3.05, 3.63) is 60.7 Å². The molecular weight excluding hydrogens is 324 g/mol. The van der Waals surface area contributed by atoms with Gasteiger partial charge in [0, 0.05) is 6.61 Å². The van der Waals surface area contributed by atoms with Crippen LogP contribution in [0.3, 0.4) is 0 Å². The van der Waals surface area contributed by atoms with Gasteiger partial charge in [-0.3, -0.25) is 0 Å². The summed E-state index contributed by atoms with van der Waals surface area (Å²) in [4.78, 5) is 0.